The van der Waals surface area contributed by atoms with Crippen LogP contribution in [0.3, 0.4) is 0 Å². The van der Waals surface area contributed by atoms with Gasteiger partial charge in [0, 0.05) is 18.6 Å². The second kappa shape index (κ2) is 12.2. The Hall–Kier alpha value is -4.08. The number of aliphatic hydroxyl groups is 1. The Labute approximate surface area is 230 Å². The summed E-state index contributed by atoms with van der Waals surface area (Å²) in [4.78, 5) is 43.5. The van der Waals surface area contributed by atoms with E-state index in [4.69, 9.17) is 13.8 Å². The van der Waals surface area contributed by atoms with Crippen molar-refractivity contribution in [1.82, 2.24) is 19.6 Å². The molecule has 0 spiro atoms. The van der Waals surface area contributed by atoms with Crippen LogP contribution in [0.25, 0.3) is 0 Å². The summed E-state index contributed by atoms with van der Waals surface area (Å²) in [7, 11) is -4.51. The normalized spacial score (nSPS) is 21.9. The first-order valence-electron chi connectivity index (χ1n) is 11.9. The van der Waals surface area contributed by atoms with Gasteiger partial charge in [-0.05, 0) is 37.3 Å². The molecule has 1 aliphatic heterocycles. The summed E-state index contributed by atoms with van der Waals surface area (Å²) in [5.74, 6) is -6.32. The molecule has 0 bridgehead atoms. The lowest BCUT2D eigenvalue weighted by Crippen LogP contribution is -2.42. The van der Waals surface area contributed by atoms with Gasteiger partial charge in [-0.3, -0.25) is 23.7 Å². The first-order chi connectivity index (χ1) is 19.4. The fourth-order valence-electron chi connectivity index (χ4n) is 3.63. The number of carboxylic acids is 1. The lowest BCUT2D eigenvalue weighted by atomic mass is 10.1. The number of aliphatic carboxylic acids is 1. The Bertz CT molecular complexity index is 1500. The van der Waals surface area contributed by atoms with Gasteiger partial charge in [0.25, 0.3) is 5.91 Å². The van der Waals surface area contributed by atoms with Gasteiger partial charge in [-0.1, -0.05) is 18.2 Å². The van der Waals surface area contributed by atoms with Crippen LogP contribution in [-0.4, -0.2) is 67.4 Å². The predicted octanol–water partition coefficient (Wildman–Crippen LogP) is 2.05. The summed E-state index contributed by atoms with van der Waals surface area (Å²) in [5.41, 5.74) is -1.07. The minimum Gasteiger partial charge on any atom is -0.480 e. The number of carbonyl (C=O) groups excluding carboxylic acids is 1. The van der Waals surface area contributed by atoms with Crippen molar-refractivity contribution in [2.45, 2.75) is 37.3 Å². The number of rotatable bonds is 11. The van der Waals surface area contributed by atoms with Gasteiger partial charge in [0.1, 0.15) is 23.7 Å². The van der Waals surface area contributed by atoms with Crippen molar-refractivity contribution in [2.75, 3.05) is 11.9 Å². The monoisotopic (exact) mass is 595 g/mol. The van der Waals surface area contributed by atoms with Gasteiger partial charge >= 0.3 is 25.3 Å². The number of anilines is 1. The quantitative estimate of drug-likeness (QED) is 0.236. The Balaban J connectivity index is 1.49. The van der Waals surface area contributed by atoms with E-state index < -0.39 is 62.3 Å². The molecular formula is C24H24F2N5O9P. The number of aliphatic hydroxyl groups excluding tert-OH is 1. The maximum Gasteiger partial charge on any atom is 0.459 e. The van der Waals surface area contributed by atoms with Crippen LogP contribution in [0, 0.1) is 0 Å². The molecule has 1 aromatic carbocycles. The number of carbonyl (C=O) groups is 2. The van der Waals surface area contributed by atoms with Gasteiger partial charge in [0.15, 0.2) is 6.10 Å². The molecule has 0 radical (unpaired) electrons. The Morgan fingerprint density at radius 1 is 1.22 bits per heavy atom. The molecule has 5 atom stereocenters. The molecule has 3 aromatic rings. The third kappa shape index (κ3) is 6.99. The minimum absolute atomic E-state index is 0.0188. The number of ether oxygens (including phenoxy) is 1. The number of para-hydroxylation sites is 1. The van der Waals surface area contributed by atoms with E-state index >= 15 is 8.78 Å². The third-order valence-electron chi connectivity index (χ3n) is 5.73. The highest BCUT2D eigenvalue weighted by Gasteiger charge is 2.60. The molecule has 4 N–H and O–H groups in total. The number of benzene rings is 1. The van der Waals surface area contributed by atoms with Crippen molar-refractivity contribution in [3.63, 3.8) is 0 Å². The second-order valence-electron chi connectivity index (χ2n) is 8.73. The largest absolute Gasteiger partial charge is 0.480 e. The van der Waals surface area contributed by atoms with E-state index in [9.17, 15) is 29.2 Å². The first kappa shape index (κ1) is 29.9. The van der Waals surface area contributed by atoms with Crippen LogP contribution in [0.1, 0.15) is 23.5 Å². The van der Waals surface area contributed by atoms with E-state index in [-0.39, 0.29) is 17.1 Å². The van der Waals surface area contributed by atoms with E-state index in [2.05, 4.69) is 20.4 Å². The van der Waals surface area contributed by atoms with Crippen molar-refractivity contribution < 1.29 is 46.9 Å². The molecule has 4 rings (SSSR count). The summed E-state index contributed by atoms with van der Waals surface area (Å²) in [6.45, 7) is 0.207. The smallest absolute Gasteiger partial charge is 0.459 e. The molecular weight excluding hydrogens is 571 g/mol. The summed E-state index contributed by atoms with van der Waals surface area (Å²) in [5, 5.41) is 24.0. The highest BCUT2D eigenvalue weighted by molar-refractivity contribution is 7.52. The van der Waals surface area contributed by atoms with Crippen molar-refractivity contribution >= 4 is 25.4 Å². The van der Waals surface area contributed by atoms with E-state index in [1.54, 1.807) is 6.07 Å². The zero-order valence-corrected chi connectivity index (χ0v) is 22.1. The average Bonchev–Trinajstić information content (AvgIpc) is 3.16. The third-order valence-corrected chi connectivity index (χ3v) is 7.37. The lowest BCUT2D eigenvalue weighted by molar-refractivity contribution is -0.141. The first-order valence-corrected chi connectivity index (χ1v) is 13.5. The lowest BCUT2D eigenvalue weighted by Gasteiger charge is -2.23. The number of nitrogens with one attached hydrogen (secondary N) is 2. The molecule has 218 valence electrons. The fourth-order valence-corrected chi connectivity index (χ4v) is 5.13. The van der Waals surface area contributed by atoms with E-state index in [1.165, 1.54) is 48.8 Å². The number of hydrogen-bond donors (Lipinski definition) is 4. The molecule has 14 nitrogen and oxygen atoms in total. The van der Waals surface area contributed by atoms with Gasteiger partial charge in [-0.25, -0.2) is 9.36 Å². The van der Waals surface area contributed by atoms with Crippen LogP contribution in [-0.2, 0) is 18.6 Å². The molecule has 41 heavy (non-hydrogen) atoms. The molecule has 0 aliphatic carbocycles. The van der Waals surface area contributed by atoms with Gasteiger partial charge in [0.05, 0.1) is 12.2 Å². The molecule has 2 aromatic heterocycles. The highest BCUT2D eigenvalue weighted by atomic mass is 31.2. The summed E-state index contributed by atoms with van der Waals surface area (Å²) < 4.78 is 59.5. The topological polar surface area (TPSA) is 191 Å². The molecule has 0 unspecified atom stereocenters. The zero-order valence-electron chi connectivity index (χ0n) is 21.2. The Morgan fingerprint density at radius 3 is 2.59 bits per heavy atom. The molecule has 3 heterocycles. The Kier molecular flexibility index (Phi) is 8.89. The van der Waals surface area contributed by atoms with Gasteiger partial charge in [0.2, 0.25) is 6.23 Å². The average molecular weight is 595 g/mol. The van der Waals surface area contributed by atoms with Crippen LogP contribution >= 0.6 is 7.75 Å². The van der Waals surface area contributed by atoms with Gasteiger partial charge in [-0.2, -0.15) is 18.9 Å². The number of halogens is 2. The van der Waals surface area contributed by atoms with Gasteiger partial charge in [-0.15, -0.1) is 0 Å². The maximum atomic E-state index is 15.0. The summed E-state index contributed by atoms with van der Waals surface area (Å²) in [6.07, 6.45) is -3.11. The zero-order chi connectivity index (χ0) is 29.8. The molecule has 1 aliphatic rings. The fraction of sp³-hybridized carbons (Fsp3) is 0.292. The number of aromatic nitrogens is 3. The standard InChI is InChI=1S/C24H24F2N5O9P/c1-14(21(34)35)30-41(37,40-16-7-3-2-4-8-16)38-13-17-19(32)24(25,26)22(39-17)31-11-9-18(29-23(31)36)28-20(33)15-6-5-10-27-12-15/h2-12,14,17,19,22,32H,13H2,1H3,(H,30,37)(H,34,35)(H,28,29,33,36)/t14-,17+,19+,22+,41-/m0/s1. The SMILES string of the molecule is C[C@H](N[P@](=O)(OC[C@H]1O[C@@H](n2ccc(NC(=O)c3cccnc3)nc2=O)C(F)(F)[C@@H]1O)Oc1ccccc1)C(=O)O. The summed E-state index contributed by atoms with van der Waals surface area (Å²) >= 11 is 0. The molecule has 1 saturated heterocycles. The number of hydrogen-bond acceptors (Lipinski definition) is 10. The van der Waals surface area contributed by atoms with Crippen LogP contribution in [0.15, 0.2) is 71.9 Å². The predicted molar refractivity (Wildman–Crippen MR) is 136 cm³/mol. The van der Waals surface area contributed by atoms with Crippen LogP contribution in [0.5, 0.6) is 5.75 Å². The van der Waals surface area contributed by atoms with Crippen molar-refractivity contribution in [3.05, 3.63) is 83.2 Å². The molecule has 1 amide bonds. The van der Waals surface area contributed by atoms with Crippen molar-refractivity contribution in [3.8, 4) is 5.75 Å². The number of alkyl halides is 2. The van der Waals surface area contributed by atoms with Crippen LogP contribution in [0.2, 0.25) is 0 Å². The number of carboxylic acid groups (broad SMARTS) is 1. The second-order valence-corrected chi connectivity index (χ2v) is 10.4. The Morgan fingerprint density at radius 2 is 1.95 bits per heavy atom. The maximum absolute atomic E-state index is 15.0. The van der Waals surface area contributed by atoms with Crippen LogP contribution < -0.4 is 20.6 Å². The summed E-state index contributed by atoms with van der Waals surface area (Å²) in [6, 6.07) is 10.1. The molecule has 0 saturated carbocycles. The van der Waals surface area contributed by atoms with E-state index in [1.807, 2.05) is 0 Å². The number of amides is 1. The minimum atomic E-state index is -4.51. The van der Waals surface area contributed by atoms with Crippen molar-refractivity contribution in [2.24, 2.45) is 0 Å². The van der Waals surface area contributed by atoms with Crippen molar-refractivity contribution in [1.29, 1.82) is 0 Å². The molecule has 17 heteroatoms. The number of nitrogens with zero attached hydrogens (tertiary/aromatic N) is 3. The van der Waals surface area contributed by atoms with Crippen LogP contribution in [0.4, 0.5) is 14.6 Å². The molecule has 1 fully saturated rings. The van der Waals surface area contributed by atoms with E-state index in [0.29, 0.717) is 4.57 Å². The van der Waals surface area contributed by atoms with E-state index in [0.717, 1.165) is 19.2 Å². The number of pyridine rings is 1. The van der Waals surface area contributed by atoms with Gasteiger partial charge < -0.3 is 24.8 Å². The highest BCUT2D eigenvalue weighted by Crippen LogP contribution is 2.47.